The molecule has 2 rings (SSSR count). The Morgan fingerprint density at radius 1 is 1.50 bits per heavy atom. The molecule has 0 saturated carbocycles. The van der Waals surface area contributed by atoms with Crippen LogP contribution in [0.25, 0.3) is 0 Å². The normalized spacial score (nSPS) is 19.3. The van der Waals surface area contributed by atoms with Crippen molar-refractivity contribution >= 4 is 17.3 Å². The van der Waals surface area contributed by atoms with Gasteiger partial charge in [-0.25, -0.2) is 0 Å². The van der Waals surface area contributed by atoms with E-state index in [1.54, 1.807) is 6.07 Å². The molecule has 1 fully saturated rings. The molecular formula is C14H17ClN2O. The Morgan fingerprint density at radius 3 is 2.94 bits per heavy atom. The van der Waals surface area contributed by atoms with Crippen LogP contribution in [0.4, 0.5) is 5.69 Å². The molecule has 0 radical (unpaired) electrons. The van der Waals surface area contributed by atoms with Crippen molar-refractivity contribution in [1.29, 1.82) is 5.26 Å². The number of nitriles is 1. The van der Waals surface area contributed by atoms with E-state index in [9.17, 15) is 0 Å². The predicted octanol–water partition coefficient (Wildman–Crippen LogP) is 3.22. The van der Waals surface area contributed by atoms with Gasteiger partial charge in [0.15, 0.2) is 0 Å². The highest BCUT2D eigenvalue weighted by Crippen LogP contribution is 2.23. The first-order valence-corrected chi connectivity index (χ1v) is 6.61. The van der Waals surface area contributed by atoms with Crippen LogP contribution in [-0.2, 0) is 4.74 Å². The van der Waals surface area contributed by atoms with Gasteiger partial charge in [0.1, 0.15) is 6.07 Å². The highest BCUT2D eigenvalue weighted by molar-refractivity contribution is 6.32. The van der Waals surface area contributed by atoms with E-state index >= 15 is 0 Å². The van der Waals surface area contributed by atoms with Gasteiger partial charge in [-0.2, -0.15) is 5.26 Å². The lowest BCUT2D eigenvalue weighted by molar-refractivity contribution is 0.0216. The van der Waals surface area contributed by atoms with E-state index in [-0.39, 0.29) is 0 Å². The third kappa shape index (κ3) is 3.16. The van der Waals surface area contributed by atoms with Crippen molar-refractivity contribution in [3.8, 4) is 6.07 Å². The maximum atomic E-state index is 8.84. The van der Waals surface area contributed by atoms with Crippen LogP contribution in [0.3, 0.4) is 0 Å². The number of likely N-dealkylation sites (N-methyl/N-ethyl adjacent to an activating group) is 1. The zero-order chi connectivity index (χ0) is 13.0. The molecule has 1 unspecified atom stereocenters. The van der Waals surface area contributed by atoms with Gasteiger partial charge < -0.3 is 9.64 Å². The molecule has 0 spiro atoms. The maximum absolute atomic E-state index is 8.84. The van der Waals surface area contributed by atoms with E-state index < -0.39 is 0 Å². The highest BCUT2D eigenvalue weighted by atomic mass is 35.5. The average Bonchev–Trinajstić information content (AvgIpc) is 2.39. The second-order valence-electron chi connectivity index (χ2n) is 4.65. The van der Waals surface area contributed by atoms with Crippen molar-refractivity contribution in [3.63, 3.8) is 0 Å². The first-order valence-electron chi connectivity index (χ1n) is 6.23. The Morgan fingerprint density at radius 2 is 2.33 bits per heavy atom. The lowest BCUT2D eigenvalue weighted by Gasteiger charge is -2.28. The monoisotopic (exact) mass is 264 g/mol. The van der Waals surface area contributed by atoms with Crippen LogP contribution in [0.15, 0.2) is 18.2 Å². The van der Waals surface area contributed by atoms with E-state index in [0.717, 1.165) is 25.3 Å². The van der Waals surface area contributed by atoms with Gasteiger partial charge in [0.2, 0.25) is 0 Å². The molecule has 1 atom stereocenters. The third-order valence-electron chi connectivity index (χ3n) is 3.27. The molecule has 0 N–H and O–H groups in total. The summed E-state index contributed by atoms with van der Waals surface area (Å²) in [4.78, 5) is 2.13. The number of ether oxygens (including phenoxy) is 1. The third-order valence-corrected chi connectivity index (χ3v) is 3.58. The Kier molecular flexibility index (Phi) is 4.46. The molecule has 0 aromatic heterocycles. The summed E-state index contributed by atoms with van der Waals surface area (Å²) in [5.74, 6) is 0. The summed E-state index contributed by atoms with van der Waals surface area (Å²) >= 11 is 6.04. The maximum Gasteiger partial charge on any atom is 0.101 e. The number of halogens is 1. The van der Waals surface area contributed by atoms with Gasteiger partial charge in [-0.3, -0.25) is 0 Å². The molecule has 96 valence electrons. The largest absolute Gasteiger partial charge is 0.376 e. The van der Waals surface area contributed by atoms with Crippen molar-refractivity contribution < 1.29 is 4.74 Å². The second kappa shape index (κ2) is 6.08. The molecule has 1 aromatic carbocycles. The SMILES string of the molecule is CN(CC1CCCCO1)c1ccc(C#N)c(Cl)c1. The first kappa shape index (κ1) is 13.2. The fraction of sp³-hybridized carbons (Fsp3) is 0.500. The van der Waals surface area contributed by atoms with E-state index in [1.165, 1.54) is 12.8 Å². The highest BCUT2D eigenvalue weighted by Gasteiger charge is 2.16. The number of hydrogen-bond acceptors (Lipinski definition) is 3. The summed E-state index contributed by atoms with van der Waals surface area (Å²) in [6.07, 6.45) is 3.84. The zero-order valence-electron chi connectivity index (χ0n) is 10.5. The molecule has 0 amide bonds. The molecule has 0 aliphatic carbocycles. The minimum Gasteiger partial charge on any atom is -0.376 e. The Bertz CT molecular complexity index is 450. The summed E-state index contributed by atoms with van der Waals surface area (Å²) < 4.78 is 5.72. The summed E-state index contributed by atoms with van der Waals surface area (Å²) in [5.41, 5.74) is 1.54. The molecule has 4 heteroatoms. The van der Waals surface area contributed by atoms with Gasteiger partial charge in [-0.1, -0.05) is 11.6 Å². The van der Waals surface area contributed by atoms with Crippen molar-refractivity contribution in [2.45, 2.75) is 25.4 Å². The summed E-state index contributed by atoms with van der Waals surface area (Å²) in [5, 5.41) is 9.35. The standard InChI is InChI=1S/C14H17ClN2O/c1-17(10-13-4-2-3-7-18-13)12-6-5-11(9-16)14(15)8-12/h5-6,8,13H,2-4,7,10H2,1H3. The van der Waals surface area contributed by atoms with E-state index in [1.807, 2.05) is 19.2 Å². The Balaban J connectivity index is 2.02. The molecule has 1 aliphatic heterocycles. The topological polar surface area (TPSA) is 36.3 Å². The van der Waals surface area contributed by atoms with Gasteiger partial charge in [0.25, 0.3) is 0 Å². The van der Waals surface area contributed by atoms with Crippen LogP contribution in [0, 0.1) is 11.3 Å². The lowest BCUT2D eigenvalue weighted by atomic mass is 10.1. The van der Waals surface area contributed by atoms with Gasteiger partial charge in [0, 0.05) is 25.9 Å². The smallest absolute Gasteiger partial charge is 0.101 e. The molecule has 3 nitrogen and oxygen atoms in total. The summed E-state index contributed by atoms with van der Waals surface area (Å²) in [7, 11) is 2.02. The number of anilines is 1. The molecule has 1 aromatic rings. The number of nitrogens with zero attached hydrogens (tertiary/aromatic N) is 2. The quantitative estimate of drug-likeness (QED) is 0.841. The summed E-state index contributed by atoms with van der Waals surface area (Å²) in [6.45, 7) is 1.73. The number of benzene rings is 1. The lowest BCUT2D eigenvalue weighted by Crippen LogP contribution is -2.33. The van der Waals surface area contributed by atoms with Crippen LogP contribution in [0.2, 0.25) is 5.02 Å². The Hall–Kier alpha value is -1.24. The molecule has 1 heterocycles. The average molecular weight is 265 g/mol. The van der Waals surface area contributed by atoms with Crippen LogP contribution in [0.1, 0.15) is 24.8 Å². The second-order valence-corrected chi connectivity index (χ2v) is 5.05. The fourth-order valence-corrected chi connectivity index (χ4v) is 2.41. The zero-order valence-corrected chi connectivity index (χ0v) is 11.3. The van der Waals surface area contributed by atoms with Gasteiger partial charge in [0.05, 0.1) is 16.7 Å². The van der Waals surface area contributed by atoms with Crippen molar-refractivity contribution in [1.82, 2.24) is 0 Å². The molecule has 18 heavy (non-hydrogen) atoms. The Labute approximate surface area is 113 Å². The van der Waals surface area contributed by atoms with Crippen molar-refractivity contribution in [3.05, 3.63) is 28.8 Å². The van der Waals surface area contributed by atoms with E-state index in [4.69, 9.17) is 21.6 Å². The first-order chi connectivity index (χ1) is 8.70. The van der Waals surface area contributed by atoms with Crippen LogP contribution >= 0.6 is 11.6 Å². The molecule has 0 bridgehead atoms. The fourth-order valence-electron chi connectivity index (χ4n) is 2.19. The summed E-state index contributed by atoms with van der Waals surface area (Å²) in [6, 6.07) is 7.59. The number of rotatable bonds is 3. The minimum absolute atomic E-state index is 0.304. The number of hydrogen-bond donors (Lipinski definition) is 0. The van der Waals surface area contributed by atoms with Gasteiger partial charge in [-0.15, -0.1) is 0 Å². The van der Waals surface area contributed by atoms with Crippen molar-refractivity contribution in [2.24, 2.45) is 0 Å². The van der Waals surface area contributed by atoms with Crippen LogP contribution in [-0.4, -0.2) is 26.3 Å². The van der Waals surface area contributed by atoms with Crippen LogP contribution < -0.4 is 4.90 Å². The van der Waals surface area contributed by atoms with Crippen LogP contribution in [0.5, 0.6) is 0 Å². The van der Waals surface area contributed by atoms with E-state index in [0.29, 0.717) is 16.7 Å². The van der Waals surface area contributed by atoms with Gasteiger partial charge in [-0.05, 0) is 37.5 Å². The predicted molar refractivity (Wildman–Crippen MR) is 73.0 cm³/mol. The van der Waals surface area contributed by atoms with Gasteiger partial charge >= 0.3 is 0 Å². The molecule has 1 aliphatic rings. The minimum atomic E-state index is 0.304. The van der Waals surface area contributed by atoms with Crippen molar-refractivity contribution in [2.75, 3.05) is 25.1 Å². The van der Waals surface area contributed by atoms with E-state index in [2.05, 4.69) is 11.0 Å². The molecule has 1 saturated heterocycles. The molecular weight excluding hydrogens is 248 g/mol.